The van der Waals surface area contributed by atoms with E-state index in [0.29, 0.717) is 6.42 Å². The molecule has 1 aromatic rings. The largest absolute Gasteiger partial charge is 0.480 e. The summed E-state index contributed by atoms with van der Waals surface area (Å²) in [6.45, 7) is 0. The van der Waals surface area contributed by atoms with Gasteiger partial charge in [0.1, 0.15) is 0 Å². The van der Waals surface area contributed by atoms with Gasteiger partial charge in [0.25, 0.3) is 0 Å². The van der Waals surface area contributed by atoms with Crippen LogP contribution in [0, 0.1) is 0 Å². The van der Waals surface area contributed by atoms with Crippen LogP contribution in [-0.4, -0.2) is 29.2 Å². The third kappa shape index (κ3) is 1.21. The summed E-state index contributed by atoms with van der Waals surface area (Å²) in [6, 6.07) is 1.39. The Bertz CT molecular complexity index is 470. The Hall–Kier alpha value is -1.30. The van der Waals surface area contributed by atoms with Gasteiger partial charge in [-0.3, -0.25) is 4.79 Å². The zero-order valence-electron chi connectivity index (χ0n) is 7.93. The van der Waals surface area contributed by atoms with Crippen molar-refractivity contribution in [3.8, 4) is 0 Å². The summed E-state index contributed by atoms with van der Waals surface area (Å²) in [7, 11) is -3.75. The highest BCUT2D eigenvalue weighted by Crippen LogP contribution is 2.42. The second-order valence-corrected chi connectivity index (χ2v) is 5.96. The lowest BCUT2D eigenvalue weighted by Gasteiger charge is -2.36. The number of rotatable bonds is 3. The molecule has 0 amide bonds. The van der Waals surface area contributed by atoms with E-state index >= 15 is 0 Å². The van der Waals surface area contributed by atoms with E-state index in [1.54, 1.807) is 0 Å². The maximum atomic E-state index is 12.0. The van der Waals surface area contributed by atoms with Crippen LogP contribution in [0.1, 0.15) is 19.3 Å². The average molecular weight is 229 g/mol. The Morgan fingerprint density at radius 2 is 2.13 bits per heavy atom. The van der Waals surface area contributed by atoms with E-state index in [1.807, 2.05) is 0 Å². The lowest BCUT2D eigenvalue weighted by molar-refractivity contribution is -0.142. The first-order chi connectivity index (χ1) is 7.01. The smallest absolute Gasteiger partial charge is 0.325 e. The van der Waals surface area contributed by atoms with E-state index in [2.05, 4.69) is 4.98 Å². The fourth-order valence-corrected chi connectivity index (χ4v) is 3.77. The van der Waals surface area contributed by atoms with Crippen LogP contribution in [0.4, 0.5) is 0 Å². The zero-order valence-corrected chi connectivity index (χ0v) is 8.75. The second-order valence-electron chi connectivity index (χ2n) is 3.70. The van der Waals surface area contributed by atoms with Crippen LogP contribution in [0.25, 0.3) is 0 Å². The lowest BCUT2D eigenvalue weighted by Crippen LogP contribution is -2.51. The molecule has 1 aliphatic rings. The van der Waals surface area contributed by atoms with Crippen LogP contribution in [-0.2, 0) is 14.6 Å². The predicted octanol–water partition coefficient (Wildman–Crippen LogP) is 0.796. The molecule has 2 N–H and O–H groups in total. The second kappa shape index (κ2) is 3.10. The molecule has 0 atom stereocenters. The van der Waals surface area contributed by atoms with Gasteiger partial charge in [-0.1, -0.05) is 0 Å². The topological polar surface area (TPSA) is 87.2 Å². The molecular formula is C9H11NO4S. The van der Waals surface area contributed by atoms with Gasteiger partial charge >= 0.3 is 5.97 Å². The minimum absolute atomic E-state index is 0.0598. The minimum Gasteiger partial charge on any atom is -0.480 e. The van der Waals surface area contributed by atoms with Crippen molar-refractivity contribution in [1.82, 2.24) is 4.98 Å². The van der Waals surface area contributed by atoms with Crippen LogP contribution in [0.15, 0.2) is 23.4 Å². The number of H-pyrrole nitrogens is 1. The predicted molar refractivity (Wildman–Crippen MR) is 52.2 cm³/mol. The fourth-order valence-electron chi connectivity index (χ4n) is 1.80. The maximum absolute atomic E-state index is 12.0. The highest BCUT2D eigenvalue weighted by atomic mass is 32.2. The van der Waals surface area contributed by atoms with E-state index in [1.165, 1.54) is 18.5 Å². The molecule has 1 saturated carbocycles. The summed E-state index contributed by atoms with van der Waals surface area (Å²) in [4.78, 5) is 13.7. The molecule has 1 aliphatic carbocycles. The van der Waals surface area contributed by atoms with Crippen molar-refractivity contribution in [1.29, 1.82) is 0 Å². The normalized spacial score (nSPS) is 19.5. The Morgan fingerprint density at radius 1 is 1.47 bits per heavy atom. The van der Waals surface area contributed by atoms with Crippen LogP contribution >= 0.6 is 0 Å². The van der Waals surface area contributed by atoms with Gasteiger partial charge in [0.15, 0.2) is 14.6 Å². The summed E-state index contributed by atoms with van der Waals surface area (Å²) < 4.78 is 22.5. The molecule has 0 bridgehead atoms. The standard InChI is InChI=1S/C9H11NO4S/c11-8(12)9(3-1-4-9)15(13,14)7-2-5-10-6-7/h2,5-6,10H,1,3-4H2,(H,11,12). The Labute approximate surface area is 87.0 Å². The SMILES string of the molecule is O=C(O)C1(S(=O)(=O)c2cc[nH]c2)CCC1. The molecule has 0 unspecified atom stereocenters. The number of sulfone groups is 1. The molecule has 5 nitrogen and oxygen atoms in total. The number of carboxylic acid groups (broad SMARTS) is 1. The lowest BCUT2D eigenvalue weighted by atomic mass is 9.84. The molecule has 0 aliphatic heterocycles. The van der Waals surface area contributed by atoms with Crippen LogP contribution in [0.2, 0.25) is 0 Å². The van der Waals surface area contributed by atoms with Crippen LogP contribution in [0.5, 0.6) is 0 Å². The van der Waals surface area contributed by atoms with E-state index in [-0.39, 0.29) is 17.7 Å². The van der Waals surface area contributed by atoms with Gasteiger partial charge in [0.2, 0.25) is 0 Å². The van der Waals surface area contributed by atoms with Gasteiger partial charge < -0.3 is 10.1 Å². The first-order valence-corrected chi connectivity index (χ1v) is 6.10. The van der Waals surface area contributed by atoms with Gasteiger partial charge in [-0.05, 0) is 25.3 Å². The van der Waals surface area contributed by atoms with E-state index in [9.17, 15) is 13.2 Å². The highest BCUT2D eigenvalue weighted by molar-refractivity contribution is 7.93. The third-order valence-electron chi connectivity index (χ3n) is 2.95. The number of aliphatic carboxylic acids is 1. The summed E-state index contributed by atoms with van der Waals surface area (Å²) in [5, 5.41) is 9.03. The zero-order chi connectivity index (χ0) is 11.1. The summed E-state index contributed by atoms with van der Waals surface area (Å²) in [6.07, 6.45) is 3.85. The van der Waals surface area contributed by atoms with Crippen molar-refractivity contribution in [3.05, 3.63) is 18.5 Å². The number of nitrogens with one attached hydrogen (secondary N) is 1. The number of hydrogen-bond donors (Lipinski definition) is 2. The molecule has 15 heavy (non-hydrogen) atoms. The van der Waals surface area contributed by atoms with E-state index in [0.717, 1.165) is 0 Å². The molecule has 0 aromatic carbocycles. The van der Waals surface area contributed by atoms with E-state index < -0.39 is 20.6 Å². The van der Waals surface area contributed by atoms with Crippen molar-refractivity contribution < 1.29 is 18.3 Å². The van der Waals surface area contributed by atoms with Gasteiger partial charge in [-0.15, -0.1) is 0 Å². The molecule has 1 aromatic heterocycles. The van der Waals surface area contributed by atoms with Crippen LogP contribution < -0.4 is 0 Å². The molecule has 1 fully saturated rings. The maximum Gasteiger partial charge on any atom is 0.325 e. The van der Waals surface area contributed by atoms with Crippen molar-refractivity contribution in [2.24, 2.45) is 0 Å². The third-order valence-corrected chi connectivity index (χ3v) is 5.43. The molecule has 1 heterocycles. The Kier molecular flexibility index (Phi) is 2.11. The van der Waals surface area contributed by atoms with Gasteiger partial charge in [0, 0.05) is 12.4 Å². The van der Waals surface area contributed by atoms with Crippen molar-refractivity contribution in [2.45, 2.75) is 28.9 Å². The summed E-state index contributed by atoms with van der Waals surface area (Å²) in [5.74, 6) is -1.24. The number of aromatic nitrogens is 1. The number of hydrogen-bond acceptors (Lipinski definition) is 3. The molecule has 2 rings (SSSR count). The summed E-state index contributed by atoms with van der Waals surface area (Å²) in [5.41, 5.74) is 0. The van der Waals surface area contributed by atoms with Gasteiger partial charge in [-0.2, -0.15) is 0 Å². The molecule has 6 heteroatoms. The number of carbonyl (C=O) groups is 1. The minimum atomic E-state index is -3.75. The average Bonchev–Trinajstić information content (AvgIpc) is 2.50. The fraction of sp³-hybridized carbons (Fsp3) is 0.444. The Balaban J connectivity index is 2.50. The van der Waals surface area contributed by atoms with Crippen LogP contribution in [0.3, 0.4) is 0 Å². The summed E-state index contributed by atoms with van der Waals surface area (Å²) >= 11 is 0. The number of aromatic amines is 1. The molecule has 0 saturated heterocycles. The number of carboxylic acids is 1. The van der Waals surface area contributed by atoms with Gasteiger partial charge in [-0.25, -0.2) is 8.42 Å². The Morgan fingerprint density at radius 3 is 2.47 bits per heavy atom. The quantitative estimate of drug-likeness (QED) is 0.802. The van der Waals surface area contributed by atoms with Gasteiger partial charge in [0.05, 0.1) is 4.90 Å². The molecular weight excluding hydrogens is 218 g/mol. The van der Waals surface area contributed by atoms with E-state index in [4.69, 9.17) is 5.11 Å². The molecule has 82 valence electrons. The first kappa shape index (κ1) is 10.2. The van der Waals surface area contributed by atoms with Crippen molar-refractivity contribution in [3.63, 3.8) is 0 Å². The highest BCUT2D eigenvalue weighted by Gasteiger charge is 2.56. The molecule has 0 spiro atoms. The van der Waals surface area contributed by atoms with Crippen molar-refractivity contribution >= 4 is 15.8 Å². The first-order valence-electron chi connectivity index (χ1n) is 4.61. The van der Waals surface area contributed by atoms with Crippen molar-refractivity contribution in [2.75, 3.05) is 0 Å². The monoisotopic (exact) mass is 229 g/mol. The molecule has 0 radical (unpaired) electrons.